The zero-order valence-corrected chi connectivity index (χ0v) is 8.32. The molecule has 2 rings (SSSR count). The molecule has 1 aromatic carbocycles. The molecular formula is C9H7F3N4O. The van der Waals surface area contributed by atoms with Crippen molar-refractivity contribution in [2.24, 2.45) is 0 Å². The number of aromatic nitrogens is 3. The highest BCUT2D eigenvalue weighted by molar-refractivity contribution is 5.55. The van der Waals surface area contributed by atoms with Crippen LogP contribution in [0.5, 0.6) is 5.75 Å². The first-order chi connectivity index (χ1) is 8.03. The molecule has 0 aliphatic rings. The van der Waals surface area contributed by atoms with Gasteiger partial charge in [-0.2, -0.15) is 10.1 Å². The molecule has 90 valence electrons. The van der Waals surface area contributed by atoms with Crippen molar-refractivity contribution in [1.82, 2.24) is 15.2 Å². The van der Waals surface area contributed by atoms with Crippen LogP contribution >= 0.6 is 0 Å². The summed E-state index contributed by atoms with van der Waals surface area (Å²) in [5.74, 6) is 0.0242. The number of nitrogens with zero attached hydrogens (tertiary/aromatic N) is 2. The van der Waals surface area contributed by atoms with Gasteiger partial charge in [-0.25, -0.2) is 5.10 Å². The standard InChI is InChI=1S/C9H7F3N4O/c10-9(11,12)17-7-3-1-2-6(4-7)15-8-13-5-14-16-8/h1-5H,(H2,13,14,15,16). The van der Waals surface area contributed by atoms with Crippen LogP contribution in [-0.2, 0) is 0 Å². The van der Waals surface area contributed by atoms with E-state index in [-0.39, 0.29) is 5.75 Å². The first kappa shape index (κ1) is 11.2. The summed E-state index contributed by atoms with van der Waals surface area (Å²) in [4.78, 5) is 3.77. The summed E-state index contributed by atoms with van der Waals surface area (Å²) in [5.41, 5.74) is 0.406. The quantitative estimate of drug-likeness (QED) is 0.870. The highest BCUT2D eigenvalue weighted by Gasteiger charge is 2.31. The van der Waals surface area contributed by atoms with Crippen molar-refractivity contribution in [2.45, 2.75) is 6.36 Å². The molecular weight excluding hydrogens is 237 g/mol. The fraction of sp³-hybridized carbons (Fsp3) is 0.111. The lowest BCUT2D eigenvalue weighted by molar-refractivity contribution is -0.274. The minimum absolute atomic E-state index is 0.304. The van der Waals surface area contributed by atoms with E-state index in [0.29, 0.717) is 11.6 Å². The number of hydrogen-bond donors (Lipinski definition) is 2. The van der Waals surface area contributed by atoms with E-state index in [0.717, 1.165) is 0 Å². The molecule has 0 aliphatic carbocycles. The summed E-state index contributed by atoms with van der Waals surface area (Å²) in [6.45, 7) is 0. The Morgan fingerprint density at radius 1 is 1.29 bits per heavy atom. The molecule has 0 aliphatic heterocycles. The Kier molecular flexibility index (Phi) is 2.86. The second-order valence-electron chi connectivity index (χ2n) is 3.03. The lowest BCUT2D eigenvalue weighted by Gasteiger charge is -2.10. The summed E-state index contributed by atoms with van der Waals surface area (Å²) in [6.07, 6.45) is -3.43. The number of H-pyrrole nitrogens is 1. The Morgan fingerprint density at radius 2 is 2.12 bits per heavy atom. The van der Waals surface area contributed by atoms with Crippen LogP contribution in [0.2, 0.25) is 0 Å². The van der Waals surface area contributed by atoms with Crippen LogP contribution in [0.4, 0.5) is 24.8 Å². The SMILES string of the molecule is FC(F)(F)Oc1cccc(Nc2ncn[nH]2)c1. The number of anilines is 2. The number of rotatable bonds is 3. The number of aromatic amines is 1. The molecule has 17 heavy (non-hydrogen) atoms. The van der Waals surface area contributed by atoms with Gasteiger partial charge in [-0.15, -0.1) is 13.2 Å². The summed E-state index contributed by atoms with van der Waals surface area (Å²) in [6, 6.07) is 5.42. The van der Waals surface area contributed by atoms with Crippen molar-refractivity contribution in [3.63, 3.8) is 0 Å². The number of nitrogens with one attached hydrogen (secondary N) is 2. The zero-order chi connectivity index (χ0) is 12.3. The highest BCUT2D eigenvalue weighted by atomic mass is 19.4. The maximum Gasteiger partial charge on any atom is 0.573 e. The molecule has 5 nitrogen and oxygen atoms in total. The molecule has 2 N–H and O–H groups in total. The predicted molar refractivity (Wildman–Crippen MR) is 52.8 cm³/mol. The van der Waals surface area contributed by atoms with E-state index in [1.807, 2.05) is 0 Å². The maximum absolute atomic E-state index is 12.0. The zero-order valence-electron chi connectivity index (χ0n) is 8.32. The first-order valence-corrected chi connectivity index (χ1v) is 4.51. The van der Waals surface area contributed by atoms with E-state index in [2.05, 4.69) is 25.2 Å². The molecule has 0 fully saturated rings. The van der Waals surface area contributed by atoms with Crippen molar-refractivity contribution in [3.8, 4) is 5.75 Å². The van der Waals surface area contributed by atoms with E-state index in [4.69, 9.17) is 0 Å². The summed E-state index contributed by atoms with van der Waals surface area (Å²) < 4.78 is 39.7. The second kappa shape index (κ2) is 4.32. The molecule has 1 heterocycles. The lowest BCUT2D eigenvalue weighted by Crippen LogP contribution is -2.17. The fourth-order valence-corrected chi connectivity index (χ4v) is 1.17. The molecule has 0 amide bonds. The number of hydrogen-bond acceptors (Lipinski definition) is 4. The summed E-state index contributed by atoms with van der Waals surface area (Å²) in [5, 5.41) is 8.84. The molecule has 2 aromatic rings. The van der Waals surface area contributed by atoms with Crippen LogP contribution in [0.15, 0.2) is 30.6 Å². The molecule has 0 unspecified atom stereocenters. The smallest absolute Gasteiger partial charge is 0.406 e. The van der Waals surface area contributed by atoms with Gasteiger partial charge in [0, 0.05) is 11.8 Å². The highest BCUT2D eigenvalue weighted by Crippen LogP contribution is 2.25. The Hall–Kier alpha value is -2.25. The van der Waals surface area contributed by atoms with Gasteiger partial charge >= 0.3 is 6.36 Å². The van der Waals surface area contributed by atoms with Gasteiger partial charge in [-0.3, -0.25) is 0 Å². The van der Waals surface area contributed by atoms with Crippen LogP contribution in [0.25, 0.3) is 0 Å². The van der Waals surface area contributed by atoms with Crippen LogP contribution in [-0.4, -0.2) is 21.5 Å². The largest absolute Gasteiger partial charge is 0.573 e. The third kappa shape index (κ3) is 3.37. The molecule has 1 aromatic heterocycles. The Labute approximate surface area is 93.6 Å². The normalized spacial score (nSPS) is 11.2. The van der Waals surface area contributed by atoms with Crippen molar-refractivity contribution >= 4 is 11.6 Å². The van der Waals surface area contributed by atoms with Gasteiger partial charge in [0.25, 0.3) is 0 Å². The molecule has 0 atom stereocenters. The molecule has 0 saturated carbocycles. The van der Waals surface area contributed by atoms with Gasteiger partial charge < -0.3 is 10.1 Å². The van der Waals surface area contributed by atoms with E-state index in [9.17, 15) is 13.2 Å². The topological polar surface area (TPSA) is 62.8 Å². The molecule has 0 radical (unpaired) electrons. The molecule has 8 heteroatoms. The van der Waals surface area contributed by atoms with Gasteiger partial charge in [0.1, 0.15) is 12.1 Å². The Bertz CT molecular complexity index is 483. The predicted octanol–water partition coefficient (Wildman–Crippen LogP) is 2.45. The second-order valence-corrected chi connectivity index (χ2v) is 3.03. The lowest BCUT2D eigenvalue weighted by atomic mass is 10.3. The van der Waals surface area contributed by atoms with Crippen molar-refractivity contribution in [2.75, 3.05) is 5.32 Å². The molecule has 0 saturated heterocycles. The van der Waals surface area contributed by atoms with Crippen molar-refractivity contribution < 1.29 is 17.9 Å². The fourth-order valence-electron chi connectivity index (χ4n) is 1.17. The van der Waals surface area contributed by atoms with Gasteiger partial charge in [0.2, 0.25) is 5.95 Å². The maximum atomic E-state index is 12.0. The first-order valence-electron chi connectivity index (χ1n) is 4.51. The van der Waals surface area contributed by atoms with Gasteiger partial charge in [-0.1, -0.05) is 6.07 Å². The van der Waals surface area contributed by atoms with Crippen LogP contribution in [0, 0.1) is 0 Å². The van der Waals surface area contributed by atoms with E-state index in [1.165, 1.54) is 24.5 Å². The number of ether oxygens (including phenoxy) is 1. The third-order valence-electron chi connectivity index (χ3n) is 1.75. The molecule has 0 bridgehead atoms. The third-order valence-corrected chi connectivity index (χ3v) is 1.75. The van der Waals surface area contributed by atoms with Crippen LogP contribution in [0.1, 0.15) is 0 Å². The average Bonchev–Trinajstić information content (AvgIpc) is 2.68. The summed E-state index contributed by atoms with van der Waals surface area (Å²) >= 11 is 0. The van der Waals surface area contributed by atoms with Crippen LogP contribution < -0.4 is 10.1 Å². The van der Waals surface area contributed by atoms with Crippen LogP contribution in [0.3, 0.4) is 0 Å². The van der Waals surface area contributed by atoms with E-state index >= 15 is 0 Å². The van der Waals surface area contributed by atoms with Gasteiger partial charge in [0.05, 0.1) is 0 Å². The van der Waals surface area contributed by atoms with Crippen molar-refractivity contribution in [3.05, 3.63) is 30.6 Å². The number of alkyl halides is 3. The van der Waals surface area contributed by atoms with Crippen molar-refractivity contribution in [1.29, 1.82) is 0 Å². The monoisotopic (exact) mass is 244 g/mol. The van der Waals surface area contributed by atoms with E-state index < -0.39 is 6.36 Å². The average molecular weight is 244 g/mol. The molecule has 0 spiro atoms. The summed E-state index contributed by atoms with van der Waals surface area (Å²) in [7, 11) is 0. The minimum atomic E-state index is -4.70. The number of benzene rings is 1. The van der Waals surface area contributed by atoms with E-state index in [1.54, 1.807) is 6.07 Å². The Morgan fingerprint density at radius 3 is 2.76 bits per heavy atom. The number of halogens is 3. The Balaban J connectivity index is 2.12. The van der Waals surface area contributed by atoms with Gasteiger partial charge in [-0.05, 0) is 12.1 Å². The minimum Gasteiger partial charge on any atom is -0.406 e. The van der Waals surface area contributed by atoms with Gasteiger partial charge in [0.15, 0.2) is 0 Å².